The van der Waals surface area contributed by atoms with E-state index in [0.29, 0.717) is 5.56 Å². The van der Waals surface area contributed by atoms with Crippen LogP contribution in [0.25, 0.3) is 6.08 Å². The highest BCUT2D eigenvalue weighted by Gasteiger charge is 2.15. The second kappa shape index (κ2) is 7.21. The van der Waals surface area contributed by atoms with Gasteiger partial charge in [0.05, 0.1) is 12.7 Å². The molecule has 1 heterocycles. The molecule has 24 heavy (non-hydrogen) atoms. The first-order valence-corrected chi connectivity index (χ1v) is 8.08. The van der Waals surface area contributed by atoms with Crippen LogP contribution in [0.1, 0.15) is 28.8 Å². The Kier molecular flexibility index (Phi) is 4.85. The minimum absolute atomic E-state index is 0.326. The molecule has 0 aromatic heterocycles. The van der Waals surface area contributed by atoms with E-state index in [0.717, 1.165) is 42.9 Å². The lowest BCUT2D eigenvalue weighted by atomic mass is 10.00. The molecule has 1 fully saturated rings. The van der Waals surface area contributed by atoms with Crippen molar-refractivity contribution in [1.82, 2.24) is 0 Å². The fourth-order valence-corrected chi connectivity index (χ4v) is 3.02. The van der Waals surface area contributed by atoms with Crippen LogP contribution in [-0.4, -0.2) is 31.3 Å². The largest absolute Gasteiger partial charge is 0.496 e. The lowest BCUT2D eigenvalue weighted by Gasteiger charge is -2.30. The summed E-state index contributed by atoms with van der Waals surface area (Å²) in [4.78, 5) is 13.2. The van der Waals surface area contributed by atoms with E-state index >= 15 is 0 Å². The number of methoxy groups -OCH3 is 1. The van der Waals surface area contributed by atoms with Crippen molar-refractivity contribution in [2.45, 2.75) is 12.8 Å². The molecule has 2 aromatic carbocycles. The molecule has 124 valence electrons. The second-order valence-corrected chi connectivity index (χ2v) is 5.88. The highest BCUT2D eigenvalue weighted by Crippen LogP contribution is 2.27. The normalized spacial score (nSPS) is 14.4. The number of para-hydroxylation sites is 1. The number of carbonyl (C=O) groups is 1. The number of rotatable bonds is 4. The van der Waals surface area contributed by atoms with Crippen molar-refractivity contribution in [3.05, 3.63) is 65.2 Å². The van der Waals surface area contributed by atoms with E-state index in [2.05, 4.69) is 17.0 Å². The molecule has 0 amide bonds. The van der Waals surface area contributed by atoms with Gasteiger partial charge in [-0.2, -0.15) is 0 Å². The first kappa shape index (κ1) is 16.1. The SMILES string of the molecule is COc1ccccc1C=C1CCN(c2ccc(C(=O)O)cc2)CC1. The molecule has 2 aromatic rings. The van der Waals surface area contributed by atoms with E-state index in [1.54, 1.807) is 19.2 Å². The molecular weight excluding hydrogens is 302 g/mol. The van der Waals surface area contributed by atoms with Gasteiger partial charge in [-0.25, -0.2) is 4.79 Å². The number of carboxylic acid groups (broad SMARTS) is 1. The molecule has 1 N–H and O–H groups in total. The molecule has 4 nitrogen and oxygen atoms in total. The monoisotopic (exact) mass is 323 g/mol. The smallest absolute Gasteiger partial charge is 0.335 e. The van der Waals surface area contributed by atoms with Gasteiger partial charge in [0.1, 0.15) is 5.75 Å². The summed E-state index contributed by atoms with van der Waals surface area (Å²) >= 11 is 0. The van der Waals surface area contributed by atoms with Crippen molar-refractivity contribution in [2.75, 3.05) is 25.1 Å². The van der Waals surface area contributed by atoms with Crippen molar-refractivity contribution in [3.8, 4) is 5.75 Å². The van der Waals surface area contributed by atoms with Crippen molar-refractivity contribution in [3.63, 3.8) is 0 Å². The molecular formula is C20H21NO3. The summed E-state index contributed by atoms with van der Waals surface area (Å²) in [7, 11) is 1.70. The second-order valence-electron chi connectivity index (χ2n) is 5.88. The Balaban J connectivity index is 1.67. The molecule has 0 atom stereocenters. The van der Waals surface area contributed by atoms with Crippen molar-refractivity contribution in [2.24, 2.45) is 0 Å². The van der Waals surface area contributed by atoms with Crippen LogP contribution in [0.5, 0.6) is 5.75 Å². The summed E-state index contributed by atoms with van der Waals surface area (Å²) in [5.74, 6) is 0.0129. The molecule has 0 spiro atoms. The van der Waals surface area contributed by atoms with E-state index in [1.165, 1.54) is 5.57 Å². The standard InChI is InChI=1S/C20H21NO3/c1-24-19-5-3-2-4-17(19)14-15-10-12-21(13-11-15)18-8-6-16(7-9-18)20(22)23/h2-9,14H,10-13H2,1H3,(H,22,23). The average molecular weight is 323 g/mol. The quantitative estimate of drug-likeness (QED) is 0.921. The fraction of sp³-hybridized carbons (Fsp3) is 0.250. The number of ether oxygens (including phenoxy) is 1. The van der Waals surface area contributed by atoms with Gasteiger partial charge < -0.3 is 14.7 Å². The van der Waals surface area contributed by atoms with Crippen LogP contribution < -0.4 is 9.64 Å². The number of aromatic carboxylic acids is 1. The Bertz CT molecular complexity index is 740. The van der Waals surface area contributed by atoms with E-state index in [9.17, 15) is 4.79 Å². The van der Waals surface area contributed by atoms with E-state index in [4.69, 9.17) is 9.84 Å². The summed E-state index contributed by atoms with van der Waals surface area (Å²) in [6.45, 7) is 1.88. The molecule has 1 aliphatic heterocycles. The van der Waals surface area contributed by atoms with Crippen molar-refractivity contribution in [1.29, 1.82) is 0 Å². The van der Waals surface area contributed by atoms with Gasteiger partial charge in [-0.05, 0) is 43.2 Å². The minimum Gasteiger partial charge on any atom is -0.496 e. The molecule has 0 radical (unpaired) electrons. The van der Waals surface area contributed by atoms with Gasteiger partial charge >= 0.3 is 5.97 Å². The number of piperidine rings is 1. The molecule has 1 aliphatic rings. The molecule has 0 bridgehead atoms. The highest BCUT2D eigenvalue weighted by atomic mass is 16.5. The van der Waals surface area contributed by atoms with Gasteiger partial charge in [-0.1, -0.05) is 29.8 Å². The van der Waals surface area contributed by atoms with Gasteiger partial charge in [0, 0.05) is 24.3 Å². The number of nitrogens with zero attached hydrogens (tertiary/aromatic N) is 1. The molecule has 0 unspecified atom stereocenters. The number of carboxylic acids is 1. The predicted octanol–water partition coefficient (Wildman–Crippen LogP) is 4.08. The van der Waals surface area contributed by atoms with E-state index in [1.807, 2.05) is 30.3 Å². The van der Waals surface area contributed by atoms with Crippen LogP contribution in [0.15, 0.2) is 54.1 Å². The Morgan fingerprint density at radius 1 is 1.08 bits per heavy atom. The minimum atomic E-state index is -0.887. The maximum absolute atomic E-state index is 10.9. The van der Waals surface area contributed by atoms with E-state index < -0.39 is 5.97 Å². The summed E-state index contributed by atoms with van der Waals surface area (Å²) < 4.78 is 5.40. The first-order valence-electron chi connectivity index (χ1n) is 8.08. The third kappa shape index (κ3) is 3.59. The maximum Gasteiger partial charge on any atom is 0.335 e. The summed E-state index contributed by atoms with van der Waals surface area (Å²) in [6.07, 6.45) is 4.22. The molecule has 0 aliphatic carbocycles. The zero-order chi connectivity index (χ0) is 16.9. The Hall–Kier alpha value is -2.75. The summed E-state index contributed by atoms with van der Waals surface area (Å²) in [5.41, 5.74) is 3.94. The Morgan fingerprint density at radius 3 is 2.38 bits per heavy atom. The summed E-state index contributed by atoms with van der Waals surface area (Å²) in [5, 5.41) is 8.97. The van der Waals surface area contributed by atoms with Gasteiger partial charge in [0.25, 0.3) is 0 Å². The van der Waals surface area contributed by atoms with Gasteiger partial charge in [-0.15, -0.1) is 0 Å². The molecule has 3 rings (SSSR count). The summed E-state index contributed by atoms with van der Waals surface area (Å²) in [6, 6.07) is 15.2. The van der Waals surface area contributed by atoms with Crippen LogP contribution in [0, 0.1) is 0 Å². The fourth-order valence-electron chi connectivity index (χ4n) is 3.02. The van der Waals surface area contributed by atoms with Gasteiger partial charge in [-0.3, -0.25) is 0 Å². The number of hydrogen-bond donors (Lipinski definition) is 1. The lowest BCUT2D eigenvalue weighted by Crippen LogP contribution is -2.30. The molecule has 4 heteroatoms. The first-order chi connectivity index (χ1) is 11.7. The maximum atomic E-state index is 10.9. The molecule has 1 saturated heterocycles. The van der Waals surface area contributed by atoms with Crippen LogP contribution in [0.4, 0.5) is 5.69 Å². The predicted molar refractivity (Wildman–Crippen MR) is 95.8 cm³/mol. The Morgan fingerprint density at radius 2 is 1.75 bits per heavy atom. The third-order valence-corrected chi connectivity index (χ3v) is 4.38. The number of benzene rings is 2. The highest BCUT2D eigenvalue weighted by molar-refractivity contribution is 5.88. The van der Waals surface area contributed by atoms with Gasteiger partial charge in [0.15, 0.2) is 0 Å². The van der Waals surface area contributed by atoms with Crippen LogP contribution >= 0.6 is 0 Å². The van der Waals surface area contributed by atoms with Crippen LogP contribution in [0.2, 0.25) is 0 Å². The zero-order valence-electron chi connectivity index (χ0n) is 13.7. The van der Waals surface area contributed by atoms with Crippen LogP contribution in [0.3, 0.4) is 0 Å². The lowest BCUT2D eigenvalue weighted by molar-refractivity contribution is 0.0697. The topological polar surface area (TPSA) is 49.8 Å². The third-order valence-electron chi connectivity index (χ3n) is 4.38. The molecule has 0 saturated carbocycles. The van der Waals surface area contributed by atoms with Crippen molar-refractivity contribution < 1.29 is 14.6 Å². The zero-order valence-corrected chi connectivity index (χ0v) is 13.7. The average Bonchev–Trinajstić information content (AvgIpc) is 2.63. The number of hydrogen-bond acceptors (Lipinski definition) is 3. The van der Waals surface area contributed by atoms with E-state index in [-0.39, 0.29) is 0 Å². The van der Waals surface area contributed by atoms with Crippen molar-refractivity contribution >= 4 is 17.7 Å². The van der Waals surface area contributed by atoms with Crippen LogP contribution in [-0.2, 0) is 0 Å². The number of anilines is 1. The Labute approximate surface area is 142 Å². The van der Waals surface area contributed by atoms with Gasteiger partial charge in [0.2, 0.25) is 0 Å².